The molecule has 0 aliphatic carbocycles. The molecule has 4 N–H and O–H groups in total. The third-order valence-electron chi connectivity index (χ3n) is 4.29. The van der Waals surface area contributed by atoms with Crippen molar-refractivity contribution in [1.82, 2.24) is 0 Å². The number of phenols is 4. The Bertz CT molecular complexity index is 782. The molecule has 0 fully saturated rings. The van der Waals surface area contributed by atoms with E-state index >= 15 is 0 Å². The predicted octanol–water partition coefficient (Wildman–Crippen LogP) is 3.75. The third-order valence-corrected chi connectivity index (χ3v) is 4.29. The van der Waals surface area contributed by atoms with Gasteiger partial charge >= 0.3 is 0 Å². The Morgan fingerprint density at radius 2 is 1.00 bits per heavy atom. The van der Waals surface area contributed by atoms with Crippen LogP contribution < -0.4 is 0 Å². The van der Waals surface area contributed by atoms with Gasteiger partial charge in [0.2, 0.25) is 0 Å². The molecule has 0 radical (unpaired) electrons. The zero-order valence-electron chi connectivity index (χ0n) is 14.7. The Hall–Kier alpha value is -3.02. The molecule has 0 aliphatic heterocycles. The van der Waals surface area contributed by atoms with Crippen LogP contribution in [0.2, 0.25) is 0 Å². The van der Waals surface area contributed by atoms with E-state index in [1.165, 1.54) is 24.3 Å². The van der Waals surface area contributed by atoms with Gasteiger partial charge in [0.25, 0.3) is 0 Å². The van der Waals surface area contributed by atoms with Crippen molar-refractivity contribution >= 4 is 11.6 Å². The number of benzene rings is 2. The van der Waals surface area contributed by atoms with Crippen molar-refractivity contribution in [2.45, 2.75) is 39.5 Å². The molecule has 0 saturated carbocycles. The fraction of sp³-hybridized carbons (Fsp3) is 0.300. The molecule has 6 nitrogen and oxygen atoms in total. The minimum atomic E-state index is -0.318. The summed E-state index contributed by atoms with van der Waals surface area (Å²) in [6, 6.07) is 5.15. The molecule has 0 unspecified atom stereocenters. The zero-order chi connectivity index (χ0) is 19.4. The number of carbonyl (C=O) groups is 2. The van der Waals surface area contributed by atoms with Gasteiger partial charge in [0.05, 0.1) is 11.1 Å². The van der Waals surface area contributed by atoms with E-state index in [0.29, 0.717) is 24.0 Å². The first-order valence-electron chi connectivity index (χ1n) is 8.32. The second kappa shape index (κ2) is 7.91. The largest absolute Gasteiger partial charge is 0.508 e. The van der Waals surface area contributed by atoms with Gasteiger partial charge < -0.3 is 20.4 Å². The number of hydrogen-bond acceptors (Lipinski definition) is 6. The first kappa shape index (κ1) is 19.3. The van der Waals surface area contributed by atoms with Crippen molar-refractivity contribution < 1.29 is 30.0 Å². The van der Waals surface area contributed by atoms with E-state index in [-0.39, 0.29) is 58.5 Å². The Labute approximate surface area is 151 Å². The van der Waals surface area contributed by atoms with E-state index in [1.54, 1.807) is 13.8 Å². The molecule has 0 atom stereocenters. The standard InChI is InChI=1S/C20H22O6/c1-11-7-19(25)13(9-17(11)23)15(21)5-3-4-6-16(22)14-10-18(24)12(2)8-20(14)26/h7-10,23-26H,3-6H2,1-2H3. The highest BCUT2D eigenvalue weighted by Gasteiger charge is 2.16. The molecule has 0 aliphatic rings. The van der Waals surface area contributed by atoms with Gasteiger partial charge in [-0.25, -0.2) is 0 Å². The Kier molecular flexibility index (Phi) is 5.87. The summed E-state index contributed by atoms with van der Waals surface area (Å²) in [6.07, 6.45) is 1.07. The fourth-order valence-corrected chi connectivity index (χ4v) is 2.65. The second-order valence-electron chi connectivity index (χ2n) is 6.37. The molecule has 2 rings (SSSR count). The van der Waals surface area contributed by atoms with Crippen molar-refractivity contribution in [2.24, 2.45) is 0 Å². The van der Waals surface area contributed by atoms with Crippen molar-refractivity contribution in [1.29, 1.82) is 0 Å². The van der Waals surface area contributed by atoms with Crippen LogP contribution in [0.1, 0.15) is 57.5 Å². The van der Waals surface area contributed by atoms with Gasteiger partial charge in [0, 0.05) is 12.8 Å². The predicted molar refractivity (Wildman–Crippen MR) is 96.1 cm³/mol. The average molecular weight is 358 g/mol. The summed E-state index contributed by atoms with van der Waals surface area (Å²) < 4.78 is 0. The Balaban J connectivity index is 1.91. The maximum absolute atomic E-state index is 12.2. The normalized spacial score (nSPS) is 10.7. The lowest BCUT2D eigenvalue weighted by atomic mass is 9.99. The number of rotatable bonds is 7. The number of unbranched alkanes of at least 4 members (excludes halogenated alkanes) is 1. The molecular weight excluding hydrogens is 336 g/mol. The summed E-state index contributed by atoms with van der Waals surface area (Å²) in [4.78, 5) is 24.3. The first-order chi connectivity index (χ1) is 12.2. The molecule has 0 heterocycles. The number of carbonyl (C=O) groups excluding carboxylic acids is 2. The molecule has 2 aromatic carbocycles. The number of aromatic hydroxyl groups is 4. The Morgan fingerprint density at radius 1 is 0.654 bits per heavy atom. The van der Waals surface area contributed by atoms with Crippen molar-refractivity contribution in [3.05, 3.63) is 46.5 Å². The van der Waals surface area contributed by atoms with Gasteiger partial charge in [0.15, 0.2) is 11.6 Å². The van der Waals surface area contributed by atoms with Crippen LogP contribution >= 0.6 is 0 Å². The quantitative estimate of drug-likeness (QED) is 0.340. The highest BCUT2D eigenvalue weighted by atomic mass is 16.3. The summed E-state index contributed by atoms with van der Waals surface area (Å²) in [5, 5.41) is 39.0. The van der Waals surface area contributed by atoms with Crippen LogP contribution in [0, 0.1) is 13.8 Å². The van der Waals surface area contributed by atoms with Crippen molar-refractivity contribution in [3.63, 3.8) is 0 Å². The lowest BCUT2D eigenvalue weighted by Crippen LogP contribution is -2.03. The van der Waals surface area contributed by atoms with E-state index in [0.717, 1.165) is 0 Å². The molecule has 0 aromatic heterocycles. The van der Waals surface area contributed by atoms with E-state index in [2.05, 4.69) is 0 Å². The maximum atomic E-state index is 12.2. The molecule has 6 heteroatoms. The number of hydrogen-bond donors (Lipinski definition) is 4. The van der Waals surface area contributed by atoms with Gasteiger partial charge in [-0.2, -0.15) is 0 Å². The van der Waals surface area contributed by atoms with Crippen LogP contribution in [-0.4, -0.2) is 32.0 Å². The van der Waals surface area contributed by atoms with Gasteiger partial charge in [-0.3, -0.25) is 9.59 Å². The van der Waals surface area contributed by atoms with Gasteiger partial charge in [-0.15, -0.1) is 0 Å². The molecule has 0 saturated heterocycles. The minimum Gasteiger partial charge on any atom is -0.508 e. The number of aryl methyl sites for hydroxylation is 2. The molecule has 138 valence electrons. The highest BCUT2D eigenvalue weighted by molar-refractivity contribution is 6.00. The minimum absolute atomic E-state index is 0.0560. The molecular formula is C20H22O6. The smallest absolute Gasteiger partial charge is 0.166 e. The van der Waals surface area contributed by atoms with Crippen LogP contribution in [0.5, 0.6) is 23.0 Å². The average Bonchev–Trinajstić information content (AvgIpc) is 2.57. The number of Topliss-reactive ketones (excluding diaryl/α,β-unsaturated/α-hetero) is 2. The van der Waals surface area contributed by atoms with Gasteiger partial charge in [0.1, 0.15) is 23.0 Å². The highest BCUT2D eigenvalue weighted by Crippen LogP contribution is 2.29. The van der Waals surface area contributed by atoms with Crippen LogP contribution in [0.25, 0.3) is 0 Å². The van der Waals surface area contributed by atoms with Crippen LogP contribution in [0.4, 0.5) is 0 Å². The van der Waals surface area contributed by atoms with Crippen LogP contribution in [0.15, 0.2) is 24.3 Å². The second-order valence-corrected chi connectivity index (χ2v) is 6.37. The van der Waals surface area contributed by atoms with E-state index < -0.39 is 0 Å². The lowest BCUT2D eigenvalue weighted by Gasteiger charge is -2.08. The van der Waals surface area contributed by atoms with Crippen molar-refractivity contribution in [3.8, 4) is 23.0 Å². The summed E-state index contributed by atoms with van der Waals surface area (Å²) in [7, 11) is 0. The molecule has 0 bridgehead atoms. The van der Waals surface area contributed by atoms with E-state index in [1.807, 2.05) is 0 Å². The summed E-state index contributed by atoms with van der Waals surface area (Å²) in [6.45, 7) is 3.24. The van der Waals surface area contributed by atoms with E-state index in [9.17, 15) is 30.0 Å². The lowest BCUT2D eigenvalue weighted by molar-refractivity contribution is 0.0951. The van der Waals surface area contributed by atoms with Gasteiger partial charge in [-0.05, 0) is 62.1 Å². The molecule has 0 spiro atoms. The monoisotopic (exact) mass is 358 g/mol. The number of phenolic OH excluding ortho intramolecular Hbond substituents is 4. The third kappa shape index (κ3) is 4.33. The zero-order valence-corrected chi connectivity index (χ0v) is 14.7. The van der Waals surface area contributed by atoms with Gasteiger partial charge in [-0.1, -0.05) is 0 Å². The summed E-state index contributed by atoms with van der Waals surface area (Å²) in [5.74, 6) is -1.11. The summed E-state index contributed by atoms with van der Waals surface area (Å²) >= 11 is 0. The topological polar surface area (TPSA) is 115 Å². The molecule has 0 amide bonds. The first-order valence-corrected chi connectivity index (χ1v) is 8.32. The summed E-state index contributed by atoms with van der Waals surface area (Å²) in [5.41, 5.74) is 1.07. The van der Waals surface area contributed by atoms with E-state index in [4.69, 9.17) is 0 Å². The molecule has 26 heavy (non-hydrogen) atoms. The fourth-order valence-electron chi connectivity index (χ4n) is 2.65. The SMILES string of the molecule is Cc1cc(O)c(C(=O)CCCCC(=O)c2cc(O)c(C)cc2O)cc1O. The van der Waals surface area contributed by atoms with Crippen LogP contribution in [0.3, 0.4) is 0 Å². The molecule has 2 aromatic rings. The van der Waals surface area contributed by atoms with Crippen molar-refractivity contribution in [2.75, 3.05) is 0 Å². The maximum Gasteiger partial charge on any atom is 0.166 e. The number of ketones is 2. The van der Waals surface area contributed by atoms with Crippen LogP contribution in [-0.2, 0) is 0 Å². The Morgan fingerprint density at radius 3 is 1.35 bits per heavy atom.